The van der Waals surface area contributed by atoms with E-state index >= 15 is 0 Å². The van der Waals surface area contributed by atoms with E-state index in [2.05, 4.69) is 26.6 Å². The molecule has 104 valence electrons. The summed E-state index contributed by atoms with van der Waals surface area (Å²) in [6.07, 6.45) is 0.821. The van der Waals surface area contributed by atoms with E-state index in [1.54, 1.807) is 6.92 Å². The molecule has 1 atom stereocenters. The van der Waals surface area contributed by atoms with E-state index in [0.29, 0.717) is 6.54 Å². The third-order valence-electron chi connectivity index (χ3n) is 2.49. The van der Waals surface area contributed by atoms with Crippen LogP contribution in [0.3, 0.4) is 0 Å². The summed E-state index contributed by atoms with van der Waals surface area (Å²) in [7, 11) is 0. The SMILES string of the molecule is CCCNC(=O)C(C)NC(=O)c1cccc(F)c1Br. The van der Waals surface area contributed by atoms with Gasteiger partial charge in [-0.2, -0.15) is 0 Å². The summed E-state index contributed by atoms with van der Waals surface area (Å²) in [6.45, 7) is 4.08. The third kappa shape index (κ3) is 4.31. The maximum atomic E-state index is 13.3. The van der Waals surface area contributed by atoms with Gasteiger partial charge in [0, 0.05) is 6.54 Å². The predicted octanol–water partition coefficient (Wildman–Crippen LogP) is 2.23. The molecule has 0 aliphatic heterocycles. The third-order valence-corrected chi connectivity index (χ3v) is 3.29. The Morgan fingerprint density at radius 1 is 1.42 bits per heavy atom. The second-order valence-corrected chi connectivity index (χ2v) is 4.88. The van der Waals surface area contributed by atoms with Gasteiger partial charge in [-0.25, -0.2) is 4.39 Å². The number of rotatable bonds is 5. The fourth-order valence-corrected chi connectivity index (χ4v) is 1.86. The molecule has 0 aliphatic carbocycles. The van der Waals surface area contributed by atoms with Crippen LogP contribution in [0.5, 0.6) is 0 Å². The minimum Gasteiger partial charge on any atom is -0.354 e. The smallest absolute Gasteiger partial charge is 0.253 e. The first-order chi connectivity index (χ1) is 8.97. The lowest BCUT2D eigenvalue weighted by Crippen LogP contribution is -2.45. The summed E-state index contributed by atoms with van der Waals surface area (Å²) in [5.41, 5.74) is 0.162. The summed E-state index contributed by atoms with van der Waals surface area (Å²) in [5.74, 6) is -1.27. The summed E-state index contributed by atoms with van der Waals surface area (Å²) >= 11 is 3.01. The van der Waals surface area contributed by atoms with Crippen molar-refractivity contribution in [3.63, 3.8) is 0 Å². The molecule has 4 nitrogen and oxygen atoms in total. The van der Waals surface area contributed by atoms with Gasteiger partial charge in [0.05, 0.1) is 10.0 Å². The van der Waals surface area contributed by atoms with Gasteiger partial charge in [-0.3, -0.25) is 9.59 Å². The molecular weight excluding hydrogens is 315 g/mol. The Bertz CT molecular complexity index is 480. The van der Waals surface area contributed by atoms with Crippen LogP contribution in [0.25, 0.3) is 0 Å². The highest BCUT2D eigenvalue weighted by molar-refractivity contribution is 9.10. The summed E-state index contributed by atoms with van der Waals surface area (Å²) < 4.78 is 13.4. The first kappa shape index (κ1) is 15.6. The first-order valence-electron chi connectivity index (χ1n) is 6.00. The number of halogens is 2. The Hall–Kier alpha value is -1.43. The minimum absolute atomic E-state index is 0.0914. The first-order valence-corrected chi connectivity index (χ1v) is 6.79. The van der Waals surface area contributed by atoms with Crippen molar-refractivity contribution in [3.8, 4) is 0 Å². The summed E-state index contributed by atoms with van der Waals surface area (Å²) in [6, 6.07) is 3.50. The van der Waals surface area contributed by atoms with Crippen molar-refractivity contribution < 1.29 is 14.0 Å². The van der Waals surface area contributed by atoms with E-state index < -0.39 is 17.8 Å². The highest BCUT2D eigenvalue weighted by atomic mass is 79.9. The molecule has 0 fully saturated rings. The zero-order valence-electron chi connectivity index (χ0n) is 10.8. The minimum atomic E-state index is -0.672. The van der Waals surface area contributed by atoms with E-state index in [1.807, 2.05) is 6.92 Å². The zero-order valence-corrected chi connectivity index (χ0v) is 12.4. The van der Waals surface area contributed by atoms with Crippen LogP contribution in [-0.2, 0) is 4.79 Å². The molecule has 1 aromatic rings. The molecule has 1 rings (SSSR count). The van der Waals surface area contributed by atoms with Gasteiger partial charge in [-0.1, -0.05) is 13.0 Å². The molecule has 0 radical (unpaired) electrons. The maximum Gasteiger partial charge on any atom is 0.253 e. The van der Waals surface area contributed by atoms with E-state index in [0.717, 1.165) is 6.42 Å². The Kier molecular flexibility index (Phi) is 5.95. The van der Waals surface area contributed by atoms with Crippen LogP contribution >= 0.6 is 15.9 Å². The number of hydrogen-bond donors (Lipinski definition) is 2. The molecule has 0 saturated carbocycles. The largest absolute Gasteiger partial charge is 0.354 e. The van der Waals surface area contributed by atoms with Crippen molar-refractivity contribution in [2.75, 3.05) is 6.54 Å². The molecule has 19 heavy (non-hydrogen) atoms. The van der Waals surface area contributed by atoms with Crippen LogP contribution in [-0.4, -0.2) is 24.4 Å². The number of carbonyl (C=O) groups excluding carboxylic acids is 2. The molecule has 0 heterocycles. The highest BCUT2D eigenvalue weighted by Crippen LogP contribution is 2.20. The van der Waals surface area contributed by atoms with Gasteiger partial charge in [0.15, 0.2) is 0 Å². The van der Waals surface area contributed by atoms with Crippen molar-refractivity contribution in [3.05, 3.63) is 34.1 Å². The van der Waals surface area contributed by atoms with Crippen LogP contribution < -0.4 is 10.6 Å². The molecule has 0 bridgehead atoms. The Morgan fingerprint density at radius 2 is 2.11 bits per heavy atom. The number of hydrogen-bond acceptors (Lipinski definition) is 2. The van der Waals surface area contributed by atoms with Crippen LogP contribution in [0.4, 0.5) is 4.39 Å². The monoisotopic (exact) mass is 330 g/mol. The van der Waals surface area contributed by atoms with E-state index in [9.17, 15) is 14.0 Å². The normalized spacial score (nSPS) is 11.8. The van der Waals surface area contributed by atoms with Gasteiger partial charge in [0.1, 0.15) is 11.9 Å². The number of amides is 2. The quantitative estimate of drug-likeness (QED) is 0.869. The highest BCUT2D eigenvalue weighted by Gasteiger charge is 2.18. The molecule has 1 unspecified atom stereocenters. The molecule has 2 amide bonds. The van der Waals surface area contributed by atoms with Gasteiger partial charge in [-0.15, -0.1) is 0 Å². The van der Waals surface area contributed by atoms with E-state index in [-0.39, 0.29) is 15.9 Å². The molecule has 6 heteroatoms. The van der Waals surface area contributed by atoms with Crippen LogP contribution in [0.2, 0.25) is 0 Å². The Morgan fingerprint density at radius 3 is 2.74 bits per heavy atom. The van der Waals surface area contributed by atoms with Crippen molar-refractivity contribution in [2.24, 2.45) is 0 Å². The van der Waals surface area contributed by atoms with Gasteiger partial charge < -0.3 is 10.6 Å². The fourth-order valence-electron chi connectivity index (χ4n) is 1.42. The van der Waals surface area contributed by atoms with Crippen molar-refractivity contribution in [2.45, 2.75) is 26.3 Å². The van der Waals surface area contributed by atoms with Crippen LogP contribution in [0.15, 0.2) is 22.7 Å². The van der Waals surface area contributed by atoms with Gasteiger partial charge in [-0.05, 0) is 41.4 Å². The molecule has 0 spiro atoms. The second kappa shape index (κ2) is 7.23. The molecule has 0 aliphatic rings. The topological polar surface area (TPSA) is 58.2 Å². The van der Waals surface area contributed by atoms with Crippen LogP contribution in [0.1, 0.15) is 30.6 Å². The molecule has 1 aromatic carbocycles. The maximum absolute atomic E-state index is 13.3. The lowest BCUT2D eigenvalue weighted by atomic mass is 10.2. The lowest BCUT2D eigenvalue weighted by molar-refractivity contribution is -0.122. The number of carbonyl (C=O) groups is 2. The van der Waals surface area contributed by atoms with Gasteiger partial charge >= 0.3 is 0 Å². The average Bonchev–Trinajstić information content (AvgIpc) is 2.38. The zero-order chi connectivity index (χ0) is 14.4. The molecular formula is C13H16BrFN2O2. The van der Waals surface area contributed by atoms with Crippen molar-refractivity contribution in [1.29, 1.82) is 0 Å². The average molecular weight is 331 g/mol. The molecule has 0 aromatic heterocycles. The summed E-state index contributed by atoms with van der Waals surface area (Å²) in [5, 5.41) is 5.20. The van der Waals surface area contributed by atoms with Crippen molar-refractivity contribution >= 4 is 27.7 Å². The lowest BCUT2D eigenvalue weighted by Gasteiger charge is -2.14. The van der Waals surface area contributed by atoms with Gasteiger partial charge in [0.2, 0.25) is 5.91 Å². The van der Waals surface area contributed by atoms with Crippen molar-refractivity contribution in [1.82, 2.24) is 10.6 Å². The van der Waals surface area contributed by atoms with E-state index in [1.165, 1.54) is 18.2 Å². The van der Waals surface area contributed by atoms with Gasteiger partial charge in [0.25, 0.3) is 5.91 Å². The standard InChI is InChI=1S/C13H16BrFN2O2/c1-3-7-16-12(18)8(2)17-13(19)9-5-4-6-10(15)11(9)14/h4-6,8H,3,7H2,1-2H3,(H,16,18)(H,17,19). The Balaban J connectivity index is 2.69. The van der Waals surface area contributed by atoms with E-state index in [4.69, 9.17) is 0 Å². The second-order valence-electron chi connectivity index (χ2n) is 4.09. The Labute approximate surface area is 119 Å². The summed E-state index contributed by atoms with van der Waals surface area (Å²) in [4.78, 5) is 23.5. The molecule has 0 saturated heterocycles. The van der Waals surface area contributed by atoms with Crippen LogP contribution in [0, 0.1) is 5.82 Å². The predicted molar refractivity (Wildman–Crippen MR) is 74.3 cm³/mol. The fraction of sp³-hybridized carbons (Fsp3) is 0.385. The number of nitrogens with one attached hydrogen (secondary N) is 2. The number of benzene rings is 1. The molecule has 2 N–H and O–H groups in total.